The van der Waals surface area contributed by atoms with Crippen LogP contribution in [-0.2, 0) is 10.9 Å². The molecule has 1 aromatic heterocycles. The van der Waals surface area contributed by atoms with E-state index >= 15 is 0 Å². The number of rotatable bonds is 5. The molecular weight excluding hydrogens is 459 g/mol. The monoisotopic (exact) mass is 477 g/mol. The Bertz CT molecular complexity index is 969. The van der Waals surface area contributed by atoms with Crippen molar-refractivity contribution >= 4 is 28.9 Å². The van der Waals surface area contributed by atoms with E-state index in [4.69, 9.17) is 26.2 Å². The Morgan fingerprint density at radius 2 is 2.13 bits per heavy atom. The fraction of sp³-hybridized carbons (Fsp3) is 0.500. The topological polar surface area (TPSA) is 88.9 Å². The van der Waals surface area contributed by atoms with Crippen LogP contribution < -0.4 is 4.74 Å². The number of hydrogen-bond acceptors (Lipinski definition) is 6. The molecule has 2 aliphatic rings. The minimum absolute atomic E-state index is 0.0117. The van der Waals surface area contributed by atoms with Crippen molar-refractivity contribution in [2.75, 3.05) is 6.61 Å². The van der Waals surface area contributed by atoms with E-state index in [9.17, 15) is 23.1 Å². The lowest BCUT2D eigenvalue weighted by Crippen LogP contribution is -2.33. The molecule has 31 heavy (non-hydrogen) atoms. The summed E-state index contributed by atoms with van der Waals surface area (Å²) in [4.78, 5) is 15.1. The Balaban J connectivity index is 1.41. The Hall–Kier alpha value is -1.88. The Morgan fingerprint density at radius 1 is 1.35 bits per heavy atom. The molecule has 2 fully saturated rings. The van der Waals surface area contributed by atoms with E-state index in [0.717, 1.165) is 6.07 Å². The number of halogens is 4. The van der Waals surface area contributed by atoms with E-state index in [-0.39, 0.29) is 42.1 Å². The average Bonchev–Trinajstić information content (AvgIpc) is 3.30. The van der Waals surface area contributed by atoms with Crippen LogP contribution in [0.15, 0.2) is 23.6 Å². The third-order valence-electron chi connectivity index (χ3n) is 5.81. The van der Waals surface area contributed by atoms with Gasteiger partial charge in [0.05, 0.1) is 29.4 Å². The fourth-order valence-electron chi connectivity index (χ4n) is 4.31. The van der Waals surface area contributed by atoms with Gasteiger partial charge in [0.15, 0.2) is 5.69 Å². The van der Waals surface area contributed by atoms with Gasteiger partial charge in [-0.2, -0.15) is 13.2 Å². The van der Waals surface area contributed by atoms with Crippen LogP contribution in [0.4, 0.5) is 13.2 Å². The second-order valence-electron chi connectivity index (χ2n) is 7.67. The molecule has 168 valence electrons. The summed E-state index contributed by atoms with van der Waals surface area (Å²) in [5.74, 6) is -1.53. The number of thiazole rings is 1. The highest BCUT2D eigenvalue weighted by Crippen LogP contribution is 2.46. The highest BCUT2D eigenvalue weighted by atomic mass is 35.5. The molecule has 1 aromatic carbocycles. The van der Waals surface area contributed by atoms with Crippen molar-refractivity contribution in [3.63, 3.8) is 0 Å². The van der Waals surface area contributed by atoms with Crippen LogP contribution in [0.5, 0.6) is 5.75 Å². The third-order valence-corrected chi connectivity index (χ3v) is 7.14. The summed E-state index contributed by atoms with van der Waals surface area (Å²) in [6.45, 7) is 0.0117. The zero-order valence-electron chi connectivity index (χ0n) is 16.0. The standard InChI is InChI=1S/C20H19ClF3NO5S/c21-17-11(20(22,23)24)2-1-3-14(17)29-7-10-9-4-5-15(30-16(9)6-13(10)26)18-25-12(8-31-18)19(27)28/h1-3,8-10,13,15-16,26H,4-7H2,(H,27,28)/t9-,10-,13-,15-,16+/m1/s1. The first-order chi connectivity index (χ1) is 14.6. The number of aliphatic hydroxyl groups is 1. The van der Waals surface area contributed by atoms with Gasteiger partial charge in [0.2, 0.25) is 0 Å². The lowest BCUT2D eigenvalue weighted by atomic mass is 9.87. The number of aromatic carboxylic acids is 1. The average molecular weight is 478 g/mol. The van der Waals surface area contributed by atoms with Crippen LogP contribution in [0.25, 0.3) is 0 Å². The highest BCUT2D eigenvalue weighted by Gasteiger charge is 2.47. The molecule has 2 aromatic rings. The van der Waals surface area contributed by atoms with E-state index in [1.54, 1.807) is 0 Å². The summed E-state index contributed by atoms with van der Waals surface area (Å²) in [6.07, 6.45) is -4.27. The zero-order valence-corrected chi connectivity index (χ0v) is 17.6. The van der Waals surface area contributed by atoms with Gasteiger partial charge in [-0.15, -0.1) is 11.3 Å². The first-order valence-corrected chi connectivity index (χ1v) is 10.9. The van der Waals surface area contributed by atoms with Gasteiger partial charge < -0.3 is 19.7 Å². The van der Waals surface area contributed by atoms with E-state index in [2.05, 4.69) is 4.98 Å². The molecule has 0 bridgehead atoms. The molecule has 0 amide bonds. The molecule has 5 atom stereocenters. The molecule has 0 spiro atoms. The molecule has 1 saturated carbocycles. The Kier molecular flexibility index (Phi) is 6.17. The maximum absolute atomic E-state index is 13.0. The van der Waals surface area contributed by atoms with Gasteiger partial charge in [0.25, 0.3) is 0 Å². The lowest BCUT2D eigenvalue weighted by Gasteiger charge is -2.33. The molecule has 0 unspecified atom stereocenters. The number of ether oxygens (including phenoxy) is 2. The number of aromatic nitrogens is 1. The second-order valence-corrected chi connectivity index (χ2v) is 8.94. The Labute approximate surface area is 184 Å². The molecule has 6 nitrogen and oxygen atoms in total. The van der Waals surface area contributed by atoms with Crippen molar-refractivity contribution < 1.29 is 37.7 Å². The SMILES string of the molecule is O=C(O)c1csc([C@H]2CC[C@@H]3[C@@H](COc4cccc(C(F)(F)F)c4Cl)[C@H](O)C[C@@H]3O2)n1. The summed E-state index contributed by atoms with van der Waals surface area (Å²) in [7, 11) is 0. The minimum atomic E-state index is -4.59. The van der Waals surface area contributed by atoms with Gasteiger partial charge in [-0.1, -0.05) is 17.7 Å². The number of carboxylic acids is 1. The van der Waals surface area contributed by atoms with Crippen LogP contribution >= 0.6 is 22.9 Å². The first kappa shape index (κ1) is 22.3. The predicted octanol–water partition coefficient (Wildman–Crippen LogP) is 4.81. The number of carboxylic acid groups (broad SMARTS) is 1. The van der Waals surface area contributed by atoms with Crippen LogP contribution in [0, 0.1) is 11.8 Å². The van der Waals surface area contributed by atoms with Crippen LogP contribution in [0.3, 0.4) is 0 Å². The smallest absolute Gasteiger partial charge is 0.417 e. The van der Waals surface area contributed by atoms with E-state index in [1.807, 2.05) is 0 Å². The maximum Gasteiger partial charge on any atom is 0.417 e. The number of carbonyl (C=O) groups is 1. The highest BCUT2D eigenvalue weighted by molar-refractivity contribution is 7.09. The van der Waals surface area contributed by atoms with E-state index in [1.165, 1.54) is 28.8 Å². The second kappa shape index (κ2) is 8.57. The van der Waals surface area contributed by atoms with Crippen molar-refractivity contribution in [1.82, 2.24) is 4.98 Å². The predicted molar refractivity (Wildman–Crippen MR) is 105 cm³/mol. The van der Waals surface area contributed by atoms with Crippen molar-refractivity contribution in [3.05, 3.63) is 44.9 Å². The van der Waals surface area contributed by atoms with Gasteiger partial charge in [-0.05, 0) is 30.9 Å². The normalized spacial score (nSPS) is 28.4. The Morgan fingerprint density at radius 3 is 2.81 bits per heavy atom. The van der Waals surface area contributed by atoms with Gasteiger partial charge in [-0.3, -0.25) is 0 Å². The fourth-order valence-corrected chi connectivity index (χ4v) is 5.46. The lowest BCUT2D eigenvalue weighted by molar-refractivity contribution is -0.137. The molecule has 1 saturated heterocycles. The number of hydrogen-bond donors (Lipinski definition) is 2. The largest absolute Gasteiger partial charge is 0.492 e. The van der Waals surface area contributed by atoms with Crippen molar-refractivity contribution in [3.8, 4) is 5.75 Å². The van der Waals surface area contributed by atoms with E-state index < -0.39 is 28.8 Å². The molecular formula is C20H19ClF3NO5S. The number of benzene rings is 1. The first-order valence-electron chi connectivity index (χ1n) is 9.66. The number of fused-ring (bicyclic) bond motifs is 1. The minimum Gasteiger partial charge on any atom is -0.492 e. The molecule has 2 N–H and O–H groups in total. The quantitative estimate of drug-likeness (QED) is 0.642. The molecule has 0 radical (unpaired) electrons. The van der Waals surface area contributed by atoms with Crippen LogP contribution in [-0.4, -0.2) is 40.0 Å². The van der Waals surface area contributed by atoms with Gasteiger partial charge >= 0.3 is 12.1 Å². The van der Waals surface area contributed by atoms with Crippen molar-refractivity contribution in [2.45, 2.75) is 43.8 Å². The number of aliphatic hydroxyl groups excluding tert-OH is 1. The summed E-state index contributed by atoms with van der Waals surface area (Å²) < 4.78 is 50.8. The molecule has 1 aliphatic heterocycles. The maximum atomic E-state index is 13.0. The van der Waals surface area contributed by atoms with Crippen LogP contribution in [0.1, 0.15) is 46.4 Å². The molecule has 11 heteroatoms. The third kappa shape index (κ3) is 4.52. The summed E-state index contributed by atoms with van der Waals surface area (Å²) in [6, 6.07) is 3.48. The van der Waals surface area contributed by atoms with E-state index in [0.29, 0.717) is 24.3 Å². The molecule has 1 aliphatic carbocycles. The molecule has 4 rings (SSSR count). The van der Waals surface area contributed by atoms with Gasteiger partial charge in [0, 0.05) is 17.7 Å². The summed E-state index contributed by atoms with van der Waals surface area (Å²) in [5, 5.41) is 21.1. The summed E-state index contributed by atoms with van der Waals surface area (Å²) in [5.41, 5.74) is -0.994. The number of alkyl halides is 3. The van der Waals surface area contributed by atoms with Gasteiger partial charge in [-0.25, -0.2) is 9.78 Å². The van der Waals surface area contributed by atoms with Crippen molar-refractivity contribution in [2.24, 2.45) is 11.8 Å². The zero-order chi connectivity index (χ0) is 22.3. The van der Waals surface area contributed by atoms with Crippen molar-refractivity contribution in [1.29, 1.82) is 0 Å². The van der Waals surface area contributed by atoms with Crippen LogP contribution in [0.2, 0.25) is 5.02 Å². The van der Waals surface area contributed by atoms with Gasteiger partial charge in [0.1, 0.15) is 16.9 Å². The number of nitrogens with zero attached hydrogens (tertiary/aromatic N) is 1. The molecule has 2 heterocycles. The summed E-state index contributed by atoms with van der Waals surface area (Å²) >= 11 is 7.11.